The van der Waals surface area contributed by atoms with Crippen LogP contribution in [-0.2, 0) is 16.1 Å². The zero-order valence-electron chi connectivity index (χ0n) is 19.2. The van der Waals surface area contributed by atoms with Gasteiger partial charge in [-0.1, -0.05) is 33.1 Å². The van der Waals surface area contributed by atoms with Gasteiger partial charge in [0.1, 0.15) is 5.82 Å². The van der Waals surface area contributed by atoms with Gasteiger partial charge in [0.05, 0.1) is 10.5 Å². The molecule has 2 rings (SSSR count). The molecule has 0 spiro atoms. The van der Waals surface area contributed by atoms with E-state index in [0.717, 1.165) is 36.3 Å². The van der Waals surface area contributed by atoms with Crippen molar-refractivity contribution in [2.45, 2.75) is 52.5 Å². The molecule has 1 amide bonds. The van der Waals surface area contributed by atoms with Crippen molar-refractivity contribution >= 4 is 29.1 Å². The van der Waals surface area contributed by atoms with Gasteiger partial charge in [0.25, 0.3) is 17.2 Å². The summed E-state index contributed by atoms with van der Waals surface area (Å²) in [7, 11) is 0. The third-order valence-electron chi connectivity index (χ3n) is 5.15. The van der Waals surface area contributed by atoms with Crippen molar-refractivity contribution in [1.82, 2.24) is 9.55 Å². The lowest BCUT2D eigenvalue weighted by molar-refractivity contribution is -0.384. The van der Waals surface area contributed by atoms with Crippen LogP contribution in [-0.4, -0.2) is 39.5 Å². The number of benzene rings is 1. The van der Waals surface area contributed by atoms with Crippen LogP contribution in [0.25, 0.3) is 0 Å². The third-order valence-corrected chi connectivity index (χ3v) is 5.15. The number of aromatic nitrogens is 2. The lowest BCUT2D eigenvalue weighted by Gasteiger charge is -2.24. The molecule has 3 N–H and O–H groups in total. The number of nitrogens with zero attached hydrogens (tertiary/aromatic N) is 3. The van der Waals surface area contributed by atoms with E-state index in [0.29, 0.717) is 12.8 Å². The second kappa shape index (κ2) is 12.3. The van der Waals surface area contributed by atoms with Crippen LogP contribution < -0.4 is 21.9 Å². The first-order chi connectivity index (χ1) is 16.2. The Morgan fingerprint density at radius 1 is 1.12 bits per heavy atom. The molecule has 1 aromatic heterocycles. The first-order valence-electron chi connectivity index (χ1n) is 11.1. The number of amides is 1. The van der Waals surface area contributed by atoms with Gasteiger partial charge in [-0.05, 0) is 25.0 Å². The fourth-order valence-electron chi connectivity index (χ4n) is 3.27. The van der Waals surface area contributed by atoms with E-state index in [2.05, 4.69) is 4.98 Å². The summed E-state index contributed by atoms with van der Waals surface area (Å²) in [4.78, 5) is 63.6. The molecule has 34 heavy (non-hydrogen) atoms. The van der Waals surface area contributed by atoms with Gasteiger partial charge >= 0.3 is 11.7 Å². The molecule has 0 bridgehead atoms. The van der Waals surface area contributed by atoms with Gasteiger partial charge in [0.15, 0.2) is 12.3 Å². The van der Waals surface area contributed by atoms with E-state index in [1.807, 2.05) is 13.8 Å². The summed E-state index contributed by atoms with van der Waals surface area (Å²) in [6.07, 6.45) is 3.63. The predicted octanol–water partition coefficient (Wildman–Crippen LogP) is 2.21. The van der Waals surface area contributed by atoms with Gasteiger partial charge in [0.2, 0.25) is 0 Å². The van der Waals surface area contributed by atoms with Crippen LogP contribution >= 0.6 is 0 Å². The van der Waals surface area contributed by atoms with Crippen molar-refractivity contribution in [3.63, 3.8) is 0 Å². The molecule has 184 valence electrons. The van der Waals surface area contributed by atoms with Crippen molar-refractivity contribution in [2.24, 2.45) is 0 Å². The molecule has 0 fully saturated rings. The smallest absolute Gasteiger partial charge is 0.338 e. The van der Waals surface area contributed by atoms with E-state index >= 15 is 0 Å². The number of nitrogens with two attached hydrogens (primary N) is 1. The number of nitrogens with one attached hydrogen (secondary N) is 1. The number of rotatable bonds is 12. The molecule has 2 aromatic rings. The monoisotopic (exact) mass is 475 g/mol. The zero-order chi connectivity index (χ0) is 25.3. The molecule has 12 heteroatoms. The highest BCUT2D eigenvalue weighted by Gasteiger charge is 2.25. The molecule has 0 saturated carbocycles. The van der Waals surface area contributed by atoms with Crippen LogP contribution in [0.2, 0.25) is 0 Å². The fraction of sp³-hybridized carbons (Fsp3) is 0.455. The van der Waals surface area contributed by atoms with E-state index in [9.17, 15) is 29.3 Å². The predicted molar refractivity (Wildman–Crippen MR) is 126 cm³/mol. The fourth-order valence-corrected chi connectivity index (χ4v) is 3.27. The molecule has 12 nitrogen and oxygen atoms in total. The number of esters is 1. The number of H-pyrrole nitrogens is 1. The minimum absolute atomic E-state index is 0.0291. The number of carbonyl (C=O) groups excluding carboxylic acids is 2. The molecule has 0 aliphatic carbocycles. The van der Waals surface area contributed by atoms with Crippen LogP contribution in [0.5, 0.6) is 0 Å². The molecule has 1 heterocycles. The number of nitrogen functional groups attached to an aromatic ring is 1. The number of nitro groups is 1. The summed E-state index contributed by atoms with van der Waals surface area (Å²) in [5, 5.41) is 10.8. The summed E-state index contributed by atoms with van der Waals surface area (Å²) >= 11 is 0. The van der Waals surface area contributed by atoms with Crippen molar-refractivity contribution in [1.29, 1.82) is 0 Å². The Morgan fingerprint density at radius 2 is 1.76 bits per heavy atom. The molecule has 0 saturated heterocycles. The second-order valence-corrected chi connectivity index (χ2v) is 7.63. The molecule has 0 radical (unpaired) electrons. The van der Waals surface area contributed by atoms with Gasteiger partial charge < -0.3 is 15.4 Å². The summed E-state index contributed by atoms with van der Waals surface area (Å²) < 4.78 is 6.29. The Labute approximate surface area is 195 Å². The van der Waals surface area contributed by atoms with Crippen molar-refractivity contribution in [3.8, 4) is 0 Å². The number of anilines is 2. The minimum Gasteiger partial charge on any atom is -0.452 e. The summed E-state index contributed by atoms with van der Waals surface area (Å²) in [6.45, 7) is 3.64. The average molecular weight is 476 g/mol. The Bertz CT molecular complexity index is 1140. The zero-order valence-corrected chi connectivity index (χ0v) is 19.2. The van der Waals surface area contributed by atoms with Crippen molar-refractivity contribution in [2.75, 3.05) is 23.8 Å². The summed E-state index contributed by atoms with van der Waals surface area (Å²) in [5.41, 5.74) is 4.35. The van der Waals surface area contributed by atoms with E-state index < -0.39 is 34.7 Å². The van der Waals surface area contributed by atoms with Crippen LogP contribution in [0.4, 0.5) is 17.2 Å². The van der Waals surface area contributed by atoms with Gasteiger partial charge in [-0.3, -0.25) is 29.3 Å². The minimum atomic E-state index is -0.855. The lowest BCUT2D eigenvalue weighted by Crippen LogP contribution is -2.43. The number of carbonyl (C=O) groups is 2. The largest absolute Gasteiger partial charge is 0.452 e. The van der Waals surface area contributed by atoms with Crippen molar-refractivity contribution in [3.05, 3.63) is 60.8 Å². The highest BCUT2D eigenvalue weighted by molar-refractivity contribution is 5.98. The Morgan fingerprint density at radius 3 is 2.35 bits per heavy atom. The Hall–Kier alpha value is -3.96. The normalized spacial score (nSPS) is 10.6. The number of non-ortho nitro benzene ring substituents is 1. The van der Waals surface area contributed by atoms with E-state index in [4.69, 9.17) is 10.5 Å². The highest BCUT2D eigenvalue weighted by Crippen LogP contribution is 2.19. The molecular weight excluding hydrogens is 446 g/mol. The maximum absolute atomic E-state index is 13.0. The molecule has 0 unspecified atom stereocenters. The molecular formula is C22H29N5O7. The summed E-state index contributed by atoms with van der Waals surface area (Å²) in [6, 6.07) is 4.73. The number of nitro benzene ring substituents is 1. The van der Waals surface area contributed by atoms with Gasteiger partial charge in [0, 0.05) is 25.2 Å². The van der Waals surface area contributed by atoms with Crippen molar-refractivity contribution < 1.29 is 19.2 Å². The topological polar surface area (TPSA) is 171 Å². The van der Waals surface area contributed by atoms with Gasteiger partial charge in [-0.25, -0.2) is 9.59 Å². The SMILES string of the molecule is CCCCCN(C(=O)COC(=O)c1ccc([N+](=O)[O-])cc1)c1c(N)n(CCCC)c(=O)[nH]c1=O. The van der Waals surface area contributed by atoms with Crippen LogP contribution in [0.15, 0.2) is 33.9 Å². The third kappa shape index (κ3) is 6.53. The van der Waals surface area contributed by atoms with E-state index in [1.165, 1.54) is 16.7 Å². The second-order valence-electron chi connectivity index (χ2n) is 7.63. The maximum Gasteiger partial charge on any atom is 0.338 e. The first kappa shape index (κ1) is 26.3. The maximum atomic E-state index is 13.0. The van der Waals surface area contributed by atoms with Crippen LogP contribution in [0.3, 0.4) is 0 Å². The Kier molecular flexibility index (Phi) is 9.53. The number of ether oxygens (including phenoxy) is 1. The lowest BCUT2D eigenvalue weighted by atomic mass is 10.2. The molecule has 0 aliphatic heterocycles. The number of unbranched alkanes of at least 4 members (excludes halogenated alkanes) is 3. The van der Waals surface area contributed by atoms with Gasteiger partial charge in [-0.2, -0.15) is 0 Å². The molecule has 0 aliphatic rings. The molecule has 0 atom stereocenters. The van der Waals surface area contributed by atoms with E-state index in [1.54, 1.807) is 0 Å². The quantitative estimate of drug-likeness (QED) is 0.204. The number of hydrogen-bond acceptors (Lipinski definition) is 8. The van der Waals surface area contributed by atoms with E-state index in [-0.39, 0.29) is 35.8 Å². The average Bonchev–Trinajstić information content (AvgIpc) is 2.81. The number of aromatic amines is 1. The summed E-state index contributed by atoms with van der Waals surface area (Å²) in [5.74, 6) is -1.68. The molecule has 1 aromatic carbocycles. The standard InChI is InChI=1S/C22H29N5O7/c1-3-5-7-13-25(18-19(23)26(12-6-4-2)22(31)24-20(18)29)17(28)14-34-21(30)15-8-10-16(11-9-15)27(32)33/h8-11H,3-7,12-14,23H2,1-2H3,(H,24,29,31). The first-order valence-corrected chi connectivity index (χ1v) is 11.1. The van der Waals surface area contributed by atoms with Crippen LogP contribution in [0.1, 0.15) is 56.3 Å². The van der Waals surface area contributed by atoms with Gasteiger partial charge in [-0.15, -0.1) is 0 Å². The Balaban J connectivity index is 2.27. The highest BCUT2D eigenvalue weighted by atomic mass is 16.6. The van der Waals surface area contributed by atoms with Crippen LogP contribution in [0, 0.1) is 10.1 Å². The number of hydrogen-bond donors (Lipinski definition) is 2.